The van der Waals surface area contributed by atoms with E-state index < -0.39 is 10.0 Å². The average Bonchev–Trinajstić information content (AvgIpc) is 3.51. The second-order valence-electron chi connectivity index (χ2n) is 10.9. The van der Waals surface area contributed by atoms with Crippen molar-refractivity contribution >= 4 is 43.9 Å². The van der Waals surface area contributed by atoms with Gasteiger partial charge in [-0.3, -0.25) is 4.72 Å². The number of phenols is 1. The lowest BCUT2D eigenvalue weighted by Gasteiger charge is -2.36. The molecule has 0 spiro atoms. The first-order chi connectivity index (χ1) is 19.9. The Morgan fingerprint density at radius 2 is 1.93 bits per heavy atom. The van der Waals surface area contributed by atoms with Crippen molar-refractivity contribution in [1.29, 1.82) is 0 Å². The number of fused-ring (bicyclic) bond motifs is 2. The highest BCUT2D eigenvalue weighted by molar-refractivity contribution is 7.92. The van der Waals surface area contributed by atoms with Crippen molar-refractivity contribution in [2.24, 2.45) is 0 Å². The van der Waals surface area contributed by atoms with Gasteiger partial charge >= 0.3 is 0 Å². The topological polar surface area (TPSA) is 163 Å². The molecule has 42 heavy (non-hydrogen) atoms. The molecule has 1 saturated heterocycles. The molecule has 14 heteroatoms. The summed E-state index contributed by atoms with van der Waals surface area (Å²) in [7, 11) is -3.54. The maximum absolute atomic E-state index is 11.8. The fourth-order valence-electron chi connectivity index (χ4n) is 5.54. The minimum Gasteiger partial charge on any atom is -0.508 e. The number of H-pyrrole nitrogens is 1. The van der Waals surface area contributed by atoms with Crippen LogP contribution >= 0.6 is 0 Å². The van der Waals surface area contributed by atoms with Crippen LogP contribution in [0.3, 0.4) is 0 Å². The van der Waals surface area contributed by atoms with Crippen molar-refractivity contribution in [3.05, 3.63) is 54.4 Å². The number of aromatic amines is 1. The Labute approximate surface area is 243 Å². The lowest BCUT2D eigenvalue weighted by molar-refractivity contribution is -0.00541. The van der Waals surface area contributed by atoms with Crippen LogP contribution in [0.25, 0.3) is 27.7 Å². The molecule has 1 aliphatic heterocycles. The predicted molar refractivity (Wildman–Crippen MR) is 161 cm³/mol. The summed E-state index contributed by atoms with van der Waals surface area (Å²) in [4.78, 5) is 19.4. The molecule has 4 N–H and O–H groups in total. The summed E-state index contributed by atoms with van der Waals surface area (Å²) in [6, 6.07) is 6.23. The zero-order valence-electron chi connectivity index (χ0n) is 24.0. The standard InChI is InChI=1S/C28H33N9O4S/c1-15-6-7-37-24(15)28(36-12-16(2)41-17(3)13-36)33-25(34-37)18(4)32-27-23-22(11-29-26(23)30-14-31-27)19-8-20(10-21(38)9-19)35-42(5,39)40/h6-11,14,16-18,35,38H,12-13H2,1-5H3,(H2,29,30,31,32)/t16-,17+,18-/m0/s1. The number of aromatic nitrogens is 6. The number of morpholine rings is 1. The number of anilines is 3. The molecule has 1 aliphatic rings. The highest BCUT2D eigenvalue weighted by Crippen LogP contribution is 2.36. The van der Waals surface area contributed by atoms with Gasteiger partial charge in [-0.2, -0.15) is 5.10 Å². The Balaban J connectivity index is 1.39. The molecule has 220 valence electrons. The molecule has 0 saturated carbocycles. The summed E-state index contributed by atoms with van der Waals surface area (Å²) in [5.74, 6) is 1.89. The fraction of sp³-hybridized carbons (Fsp3) is 0.357. The molecule has 0 radical (unpaired) electrons. The van der Waals surface area contributed by atoms with Crippen LogP contribution in [0.5, 0.6) is 5.75 Å². The SMILES string of the molecule is Cc1ccn2nc([C@H](C)Nc3ncnc4[nH]cc(-c5cc(O)cc(NS(C)(=O)=O)c5)c34)nc(N3C[C@@H](C)O[C@@H](C)C3)c12. The van der Waals surface area contributed by atoms with Crippen LogP contribution in [-0.2, 0) is 14.8 Å². The lowest BCUT2D eigenvalue weighted by atomic mass is 10.0. The number of benzene rings is 1. The fourth-order valence-corrected chi connectivity index (χ4v) is 6.08. The molecule has 4 aromatic heterocycles. The van der Waals surface area contributed by atoms with Gasteiger partial charge in [0, 0.05) is 37.1 Å². The smallest absolute Gasteiger partial charge is 0.229 e. The predicted octanol–water partition coefficient (Wildman–Crippen LogP) is 3.84. The van der Waals surface area contributed by atoms with Crippen LogP contribution in [0.15, 0.2) is 43.0 Å². The van der Waals surface area contributed by atoms with E-state index in [4.69, 9.17) is 14.8 Å². The van der Waals surface area contributed by atoms with Crippen molar-refractivity contribution in [2.45, 2.75) is 45.9 Å². The third-order valence-corrected chi connectivity index (χ3v) is 7.78. The van der Waals surface area contributed by atoms with Gasteiger partial charge in [0.25, 0.3) is 0 Å². The molecule has 3 atom stereocenters. The quantitative estimate of drug-likeness (QED) is 0.219. The number of hydrogen-bond donors (Lipinski definition) is 4. The molecule has 0 bridgehead atoms. The molecule has 5 aromatic rings. The number of nitrogens with zero attached hydrogens (tertiary/aromatic N) is 6. The zero-order valence-corrected chi connectivity index (χ0v) is 24.8. The summed E-state index contributed by atoms with van der Waals surface area (Å²) in [5.41, 5.74) is 4.13. The monoisotopic (exact) mass is 591 g/mol. The van der Waals surface area contributed by atoms with E-state index >= 15 is 0 Å². The third kappa shape index (κ3) is 5.42. The van der Waals surface area contributed by atoms with Crippen molar-refractivity contribution in [2.75, 3.05) is 34.3 Å². The number of phenolic OH excluding ortho intramolecular Hbond substituents is 1. The van der Waals surface area contributed by atoms with Crippen LogP contribution in [0, 0.1) is 6.92 Å². The third-order valence-electron chi connectivity index (χ3n) is 7.17. The number of nitrogens with one attached hydrogen (secondary N) is 3. The van der Waals surface area contributed by atoms with Gasteiger partial charge in [0.15, 0.2) is 11.6 Å². The Morgan fingerprint density at radius 1 is 1.17 bits per heavy atom. The molecule has 0 unspecified atom stereocenters. The number of hydrogen-bond acceptors (Lipinski definition) is 10. The van der Waals surface area contributed by atoms with E-state index in [9.17, 15) is 13.5 Å². The van der Waals surface area contributed by atoms with Gasteiger partial charge in [-0.05, 0) is 57.0 Å². The van der Waals surface area contributed by atoms with E-state index in [0.717, 1.165) is 36.2 Å². The molecule has 1 fully saturated rings. The molecule has 1 aromatic carbocycles. The van der Waals surface area contributed by atoms with Crippen LogP contribution in [-0.4, -0.2) is 74.6 Å². The highest BCUT2D eigenvalue weighted by Gasteiger charge is 2.27. The normalized spacial score (nSPS) is 18.5. The minimum atomic E-state index is -3.54. The number of sulfonamides is 1. The first-order valence-electron chi connectivity index (χ1n) is 13.6. The number of ether oxygens (including phenoxy) is 1. The second kappa shape index (κ2) is 10.4. The average molecular weight is 592 g/mol. The first kappa shape index (κ1) is 27.7. The Morgan fingerprint density at radius 3 is 2.67 bits per heavy atom. The number of aromatic hydroxyl groups is 1. The van der Waals surface area contributed by atoms with Crippen molar-refractivity contribution in [3.8, 4) is 16.9 Å². The van der Waals surface area contributed by atoms with Crippen molar-refractivity contribution < 1.29 is 18.3 Å². The first-order valence-corrected chi connectivity index (χ1v) is 15.5. The molecule has 13 nitrogen and oxygen atoms in total. The molecule has 5 heterocycles. The molecule has 0 aliphatic carbocycles. The van der Waals surface area contributed by atoms with Gasteiger partial charge in [0.1, 0.15) is 29.1 Å². The van der Waals surface area contributed by atoms with Crippen molar-refractivity contribution in [1.82, 2.24) is 29.5 Å². The largest absolute Gasteiger partial charge is 0.508 e. The van der Waals surface area contributed by atoms with Gasteiger partial charge in [-0.25, -0.2) is 27.9 Å². The van der Waals surface area contributed by atoms with Crippen LogP contribution in [0.1, 0.15) is 38.2 Å². The lowest BCUT2D eigenvalue weighted by Crippen LogP contribution is -2.46. The zero-order chi connectivity index (χ0) is 29.8. The summed E-state index contributed by atoms with van der Waals surface area (Å²) >= 11 is 0. The Bertz CT molecular complexity index is 1890. The van der Waals surface area contributed by atoms with E-state index in [2.05, 4.69) is 50.7 Å². The molecular weight excluding hydrogens is 558 g/mol. The van der Waals surface area contributed by atoms with Gasteiger partial charge in [0.2, 0.25) is 10.0 Å². The number of aryl methyl sites for hydroxylation is 1. The van der Waals surface area contributed by atoms with E-state index in [1.165, 1.54) is 12.4 Å². The molecule has 0 amide bonds. The van der Waals surface area contributed by atoms with Crippen LogP contribution < -0.4 is 14.9 Å². The van der Waals surface area contributed by atoms with E-state index in [-0.39, 0.29) is 29.7 Å². The summed E-state index contributed by atoms with van der Waals surface area (Å²) in [5, 5.41) is 19.3. The second-order valence-corrected chi connectivity index (χ2v) is 12.7. The van der Waals surface area contributed by atoms with Crippen LogP contribution in [0.4, 0.5) is 17.3 Å². The van der Waals surface area contributed by atoms with Crippen LogP contribution in [0.2, 0.25) is 0 Å². The van der Waals surface area contributed by atoms with E-state index in [0.29, 0.717) is 33.8 Å². The van der Waals surface area contributed by atoms with Gasteiger partial charge in [0.05, 0.1) is 35.6 Å². The van der Waals surface area contributed by atoms with Gasteiger partial charge in [-0.15, -0.1) is 0 Å². The Hall–Kier alpha value is -4.43. The Kier molecular flexibility index (Phi) is 6.89. The van der Waals surface area contributed by atoms with Crippen molar-refractivity contribution in [3.63, 3.8) is 0 Å². The molecular formula is C28H33N9O4S. The maximum Gasteiger partial charge on any atom is 0.229 e. The van der Waals surface area contributed by atoms with Gasteiger partial charge in [-0.1, -0.05) is 0 Å². The summed E-state index contributed by atoms with van der Waals surface area (Å²) in [6.45, 7) is 9.61. The summed E-state index contributed by atoms with van der Waals surface area (Å²) in [6.07, 6.45) is 6.35. The summed E-state index contributed by atoms with van der Waals surface area (Å²) < 4.78 is 33.9. The molecule has 6 rings (SSSR count). The van der Waals surface area contributed by atoms with E-state index in [1.807, 2.05) is 23.7 Å². The maximum atomic E-state index is 11.8. The highest BCUT2D eigenvalue weighted by atomic mass is 32.2. The number of rotatable bonds is 7. The van der Waals surface area contributed by atoms with Gasteiger partial charge < -0.3 is 25.0 Å². The van der Waals surface area contributed by atoms with E-state index in [1.54, 1.807) is 18.3 Å². The minimum absolute atomic E-state index is 0.0740.